The molecule has 8 heteroatoms. The lowest BCUT2D eigenvalue weighted by atomic mass is 10.0. The lowest BCUT2D eigenvalue weighted by molar-refractivity contribution is 0.0168. The number of morpholine rings is 1. The van der Waals surface area contributed by atoms with E-state index in [1.807, 2.05) is 0 Å². The summed E-state index contributed by atoms with van der Waals surface area (Å²) in [5, 5.41) is 13.6. The molecule has 1 fully saturated rings. The Morgan fingerprint density at radius 3 is 2.96 bits per heavy atom. The van der Waals surface area contributed by atoms with Crippen LogP contribution in [0.4, 0.5) is 9.93 Å². The quantitative estimate of drug-likeness (QED) is 0.865. The lowest BCUT2D eigenvalue weighted by Gasteiger charge is -2.35. The third-order valence-electron chi connectivity index (χ3n) is 3.95. The topological polar surface area (TPSA) is 79.4 Å². The van der Waals surface area contributed by atoms with Crippen LogP contribution in [-0.4, -0.2) is 54.0 Å². The first-order valence-corrected chi connectivity index (χ1v) is 8.80. The van der Waals surface area contributed by atoms with Gasteiger partial charge in [0.1, 0.15) is 5.51 Å². The maximum Gasteiger partial charge on any atom is 0.321 e. The Hall–Kier alpha value is -2.03. The number of hydrogen-bond acceptors (Lipinski definition) is 6. The van der Waals surface area contributed by atoms with Crippen LogP contribution in [0.15, 0.2) is 29.8 Å². The molecular formula is C16H21N5O2S. The van der Waals surface area contributed by atoms with Crippen molar-refractivity contribution in [3.8, 4) is 0 Å². The van der Waals surface area contributed by atoms with Gasteiger partial charge in [0.25, 0.3) is 0 Å². The fraction of sp³-hybridized carbons (Fsp3) is 0.438. The Balaban J connectivity index is 1.66. The number of benzene rings is 1. The fourth-order valence-corrected chi connectivity index (χ4v) is 3.22. The summed E-state index contributed by atoms with van der Waals surface area (Å²) in [5.74, 6) is 0. The maximum absolute atomic E-state index is 12.1. The molecule has 0 unspecified atom stereocenters. The number of aryl methyl sites for hydroxylation is 1. The predicted octanol–water partition coefficient (Wildman–Crippen LogP) is 2.04. The van der Waals surface area contributed by atoms with Crippen molar-refractivity contribution in [3.05, 3.63) is 40.9 Å². The van der Waals surface area contributed by atoms with Gasteiger partial charge in [-0.25, -0.2) is 4.79 Å². The number of amides is 2. The Morgan fingerprint density at radius 1 is 1.42 bits per heavy atom. The van der Waals surface area contributed by atoms with Crippen molar-refractivity contribution in [2.75, 3.05) is 38.2 Å². The highest BCUT2D eigenvalue weighted by Crippen LogP contribution is 2.22. The van der Waals surface area contributed by atoms with Crippen LogP contribution in [-0.2, 0) is 4.74 Å². The monoisotopic (exact) mass is 347 g/mol. The summed E-state index contributed by atoms with van der Waals surface area (Å²) in [6.45, 7) is 5.76. The zero-order valence-corrected chi connectivity index (χ0v) is 14.4. The molecule has 2 aromatic rings. The third kappa shape index (κ3) is 4.50. The van der Waals surface area contributed by atoms with Crippen LogP contribution in [0.25, 0.3) is 0 Å². The van der Waals surface area contributed by atoms with Crippen LogP contribution in [0.2, 0.25) is 0 Å². The first-order chi connectivity index (χ1) is 11.7. The summed E-state index contributed by atoms with van der Waals surface area (Å²) in [6.07, 6.45) is 0. The van der Waals surface area contributed by atoms with E-state index in [2.05, 4.69) is 56.9 Å². The number of nitrogens with zero attached hydrogens (tertiary/aromatic N) is 3. The van der Waals surface area contributed by atoms with Crippen molar-refractivity contribution in [2.24, 2.45) is 0 Å². The number of carbonyl (C=O) groups is 1. The van der Waals surface area contributed by atoms with Crippen LogP contribution >= 0.6 is 11.3 Å². The van der Waals surface area contributed by atoms with Crippen molar-refractivity contribution in [2.45, 2.75) is 13.0 Å². The molecular weight excluding hydrogens is 326 g/mol. The van der Waals surface area contributed by atoms with Gasteiger partial charge in [0.15, 0.2) is 0 Å². The molecule has 0 radical (unpaired) electrons. The van der Waals surface area contributed by atoms with Crippen LogP contribution in [0.1, 0.15) is 17.2 Å². The maximum atomic E-state index is 12.1. The molecule has 2 amide bonds. The summed E-state index contributed by atoms with van der Waals surface area (Å²) >= 11 is 1.29. The Kier molecular flexibility index (Phi) is 5.73. The van der Waals surface area contributed by atoms with Crippen LogP contribution in [0.5, 0.6) is 0 Å². The van der Waals surface area contributed by atoms with Crippen molar-refractivity contribution < 1.29 is 9.53 Å². The van der Waals surface area contributed by atoms with Crippen molar-refractivity contribution in [1.82, 2.24) is 20.4 Å². The van der Waals surface area contributed by atoms with Gasteiger partial charge in [-0.2, -0.15) is 0 Å². The van der Waals surface area contributed by atoms with Gasteiger partial charge < -0.3 is 10.1 Å². The molecule has 0 aliphatic carbocycles. The van der Waals surface area contributed by atoms with E-state index in [4.69, 9.17) is 4.74 Å². The van der Waals surface area contributed by atoms with Gasteiger partial charge in [-0.15, -0.1) is 10.2 Å². The van der Waals surface area contributed by atoms with Crippen molar-refractivity contribution in [3.63, 3.8) is 0 Å². The second-order valence-corrected chi connectivity index (χ2v) is 6.49. The van der Waals surface area contributed by atoms with E-state index in [1.165, 1.54) is 22.5 Å². The number of aromatic nitrogens is 2. The number of hydrogen-bond donors (Lipinski definition) is 2. The number of nitrogens with one attached hydrogen (secondary N) is 2. The number of urea groups is 1. The van der Waals surface area contributed by atoms with E-state index in [9.17, 15) is 4.79 Å². The summed E-state index contributed by atoms with van der Waals surface area (Å²) in [6, 6.07) is 8.27. The average molecular weight is 347 g/mol. The standard InChI is InChI=1S/C16H21N5O2S/c1-12-3-2-4-13(9-12)14(21-5-7-23-8-6-21)10-17-15(22)19-16-20-18-11-24-16/h2-4,9,11,14H,5-8,10H2,1H3,(H2,17,19,20,22)/t14-/m1/s1. The second-order valence-electron chi connectivity index (χ2n) is 5.66. The average Bonchev–Trinajstić information content (AvgIpc) is 3.09. The number of anilines is 1. The normalized spacial score (nSPS) is 16.5. The lowest BCUT2D eigenvalue weighted by Crippen LogP contribution is -2.44. The van der Waals surface area contributed by atoms with Crippen LogP contribution < -0.4 is 10.6 Å². The predicted molar refractivity (Wildman–Crippen MR) is 93.2 cm³/mol. The zero-order chi connectivity index (χ0) is 16.8. The first-order valence-electron chi connectivity index (χ1n) is 7.92. The minimum atomic E-state index is -0.266. The van der Waals surface area contributed by atoms with Gasteiger partial charge in [-0.1, -0.05) is 41.2 Å². The van der Waals surface area contributed by atoms with E-state index in [0.717, 1.165) is 26.3 Å². The molecule has 24 heavy (non-hydrogen) atoms. The molecule has 0 bridgehead atoms. The summed E-state index contributed by atoms with van der Waals surface area (Å²) in [4.78, 5) is 14.4. The van der Waals surface area contributed by atoms with E-state index in [1.54, 1.807) is 5.51 Å². The van der Waals surface area contributed by atoms with E-state index >= 15 is 0 Å². The van der Waals surface area contributed by atoms with Gasteiger partial charge in [0.05, 0.1) is 19.3 Å². The Labute approximate surface area is 145 Å². The van der Waals surface area contributed by atoms with Crippen molar-refractivity contribution >= 4 is 22.5 Å². The molecule has 3 rings (SSSR count). The third-order valence-corrected chi connectivity index (χ3v) is 4.56. The van der Waals surface area contributed by atoms with Crippen LogP contribution in [0, 0.1) is 6.92 Å². The molecule has 1 aliphatic heterocycles. The molecule has 1 saturated heterocycles. The van der Waals surface area contributed by atoms with Gasteiger partial charge in [0, 0.05) is 19.6 Å². The largest absolute Gasteiger partial charge is 0.379 e. The Bertz CT molecular complexity index is 658. The molecule has 2 N–H and O–H groups in total. The molecule has 7 nitrogen and oxygen atoms in total. The number of ether oxygens (including phenoxy) is 1. The molecule has 1 aromatic heterocycles. The minimum absolute atomic E-state index is 0.119. The first kappa shape index (κ1) is 16.8. The highest BCUT2D eigenvalue weighted by molar-refractivity contribution is 7.13. The van der Waals surface area contributed by atoms with E-state index in [0.29, 0.717) is 11.7 Å². The second kappa shape index (κ2) is 8.18. The fourth-order valence-electron chi connectivity index (χ4n) is 2.78. The minimum Gasteiger partial charge on any atom is -0.379 e. The Morgan fingerprint density at radius 2 is 2.25 bits per heavy atom. The van der Waals surface area contributed by atoms with Gasteiger partial charge in [-0.05, 0) is 12.5 Å². The summed E-state index contributed by atoms with van der Waals surface area (Å²) in [7, 11) is 0. The highest BCUT2D eigenvalue weighted by Gasteiger charge is 2.23. The number of carbonyl (C=O) groups excluding carboxylic acids is 1. The molecule has 128 valence electrons. The van der Waals surface area contributed by atoms with E-state index < -0.39 is 0 Å². The van der Waals surface area contributed by atoms with Crippen molar-refractivity contribution in [1.29, 1.82) is 0 Å². The molecule has 2 heterocycles. The van der Waals surface area contributed by atoms with Gasteiger partial charge in [-0.3, -0.25) is 10.2 Å². The number of rotatable bonds is 5. The van der Waals surface area contributed by atoms with Gasteiger partial charge in [0.2, 0.25) is 5.13 Å². The molecule has 1 aromatic carbocycles. The highest BCUT2D eigenvalue weighted by atomic mass is 32.1. The SMILES string of the molecule is Cc1cccc([C@@H](CNC(=O)Nc2nncs2)N2CCOCC2)c1. The zero-order valence-electron chi connectivity index (χ0n) is 13.6. The van der Waals surface area contributed by atoms with Gasteiger partial charge >= 0.3 is 6.03 Å². The molecule has 0 saturated carbocycles. The molecule has 0 spiro atoms. The smallest absolute Gasteiger partial charge is 0.321 e. The summed E-state index contributed by atoms with van der Waals surface area (Å²) in [5.41, 5.74) is 4.00. The molecule has 1 aliphatic rings. The molecule has 1 atom stereocenters. The van der Waals surface area contributed by atoms with E-state index in [-0.39, 0.29) is 12.1 Å². The summed E-state index contributed by atoms with van der Waals surface area (Å²) < 4.78 is 5.45. The van der Waals surface area contributed by atoms with Crippen LogP contribution in [0.3, 0.4) is 0 Å².